The van der Waals surface area contributed by atoms with E-state index < -0.39 is 0 Å². The first-order chi connectivity index (χ1) is 8.61. The number of aryl methyl sites for hydroxylation is 2. The van der Waals surface area contributed by atoms with Crippen LogP contribution in [0.5, 0.6) is 0 Å². The molecule has 0 unspecified atom stereocenters. The van der Waals surface area contributed by atoms with E-state index in [1.807, 2.05) is 30.9 Å². The molecule has 3 nitrogen and oxygen atoms in total. The van der Waals surface area contributed by atoms with Crippen LogP contribution < -0.4 is 5.32 Å². The Bertz CT molecular complexity index is 551. The molecule has 0 saturated carbocycles. The summed E-state index contributed by atoms with van der Waals surface area (Å²) in [6.45, 7) is 2.90. The van der Waals surface area contributed by atoms with Crippen molar-refractivity contribution < 1.29 is 0 Å². The van der Waals surface area contributed by atoms with Gasteiger partial charge in [0.25, 0.3) is 0 Å². The molecule has 0 aliphatic rings. The number of halogens is 1. The summed E-state index contributed by atoms with van der Waals surface area (Å²) in [7, 11) is 3.95. The molecule has 5 heteroatoms. The molecule has 0 fully saturated rings. The fraction of sp³-hybridized carbons (Fsp3) is 0.308. The fourth-order valence-corrected chi connectivity index (χ4v) is 3.45. The lowest BCUT2D eigenvalue weighted by Crippen LogP contribution is -2.06. The van der Waals surface area contributed by atoms with Crippen molar-refractivity contribution in [2.24, 2.45) is 7.05 Å². The van der Waals surface area contributed by atoms with E-state index in [2.05, 4.69) is 45.4 Å². The largest absolute Gasteiger partial charge is 0.316 e. The van der Waals surface area contributed by atoms with Crippen molar-refractivity contribution in [2.75, 3.05) is 7.05 Å². The molecule has 0 atom stereocenters. The van der Waals surface area contributed by atoms with Gasteiger partial charge in [-0.15, -0.1) is 0 Å². The molecule has 0 amide bonds. The number of hydrogen-bond acceptors (Lipinski definition) is 3. The normalized spacial score (nSPS) is 10.9. The summed E-state index contributed by atoms with van der Waals surface area (Å²) in [6.07, 6.45) is 0. The van der Waals surface area contributed by atoms with Crippen LogP contribution in [0.15, 0.2) is 38.7 Å². The zero-order valence-corrected chi connectivity index (χ0v) is 13.1. The number of nitrogens with one attached hydrogen (secondary N) is 1. The van der Waals surface area contributed by atoms with Gasteiger partial charge in [0.1, 0.15) is 5.03 Å². The van der Waals surface area contributed by atoms with E-state index in [4.69, 9.17) is 0 Å². The molecule has 0 saturated heterocycles. The Morgan fingerprint density at radius 3 is 2.89 bits per heavy atom. The van der Waals surface area contributed by atoms with Gasteiger partial charge in [0, 0.05) is 28.5 Å². The summed E-state index contributed by atoms with van der Waals surface area (Å²) in [5.41, 5.74) is 2.36. The average molecular weight is 326 g/mol. The zero-order valence-electron chi connectivity index (χ0n) is 10.7. The lowest BCUT2D eigenvalue weighted by atomic mass is 10.3. The number of rotatable bonds is 4. The van der Waals surface area contributed by atoms with Crippen molar-refractivity contribution in [3.05, 3.63) is 40.0 Å². The average Bonchev–Trinajstić information content (AvgIpc) is 2.57. The molecule has 1 aromatic heterocycles. The van der Waals surface area contributed by atoms with Gasteiger partial charge >= 0.3 is 0 Å². The van der Waals surface area contributed by atoms with Crippen LogP contribution in [0.1, 0.15) is 11.3 Å². The minimum atomic E-state index is 0.843. The number of nitrogens with zero attached hydrogens (tertiary/aromatic N) is 2. The highest BCUT2D eigenvalue weighted by Gasteiger charge is 2.13. The second kappa shape index (κ2) is 5.91. The monoisotopic (exact) mass is 325 g/mol. The van der Waals surface area contributed by atoms with Crippen LogP contribution in [0, 0.1) is 6.92 Å². The van der Waals surface area contributed by atoms with Gasteiger partial charge < -0.3 is 5.32 Å². The van der Waals surface area contributed by atoms with Crippen molar-refractivity contribution in [3.8, 4) is 0 Å². The van der Waals surface area contributed by atoms with Gasteiger partial charge in [-0.3, -0.25) is 4.68 Å². The summed E-state index contributed by atoms with van der Waals surface area (Å²) in [6, 6.07) is 8.32. The third-order valence-corrected chi connectivity index (χ3v) is 4.34. The lowest BCUT2D eigenvalue weighted by Gasteiger charge is -2.06. The zero-order chi connectivity index (χ0) is 13.1. The van der Waals surface area contributed by atoms with Gasteiger partial charge in [0.2, 0.25) is 0 Å². The summed E-state index contributed by atoms with van der Waals surface area (Å²) in [5, 5.41) is 8.89. The highest BCUT2D eigenvalue weighted by Crippen LogP contribution is 2.32. The predicted octanol–water partition coefficient (Wildman–Crippen LogP) is 3.36. The third kappa shape index (κ3) is 2.96. The van der Waals surface area contributed by atoms with E-state index >= 15 is 0 Å². The van der Waals surface area contributed by atoms with Gasteiger partial charge in [-0.1, -0.05) is 33.8 Å². The standard InChI is InChI=1S/C13H16BrN3S/c1-9-12(8-15-2)13(17(3)16-9)18-11-6-4-5-10(14)7-11/h4-7,15H,8H2,1-3H3. The second-order valence-corrected chi connectivity index (χ2v) is 6.06. The Morgan fingerprint density at radius 1 is 1.44 bits per heavy atom. The molecule has 96 valence electrons. The Kier molecular flexibility index (Phi) is 4.48. The van der Waals surface area contributed by atoms with Crippen LogP contribution in [0.4, 0.5) is 0 Å². The summed E-state index contributed by atoms with van der Waals surface area (Å²) >= 11 is 5.25. The SMILES string of the molecule is CNCc1c(C)nn(C)c1Sc1cccc(Br)c1. The number of aromatic nitrogens is 2. The first kappa shape index (κ1) is 13.6. The van der Waals surface area contributed by atoms with Crippen molar-refractivity contribution in [3.63, 3.8) is 0 Å². The topological polar surface area (TPSA) is 29.9 Å². The van der Waals surface area contributed by atoms with Gasteiger partial charge in [0.15, 0.2) is 0 Å². The third-order valence-electron chi connectivity index (χ3n) is 2.65. The summed E-state index contributed by atoms with van der Waals surface area (Å²) in [5.74, 6) is 0. The van der Waals surface area contributed by atoms with Crippen molar-refractivity contribution in [1.29, 1.82) is 0 Å². The van der Waals surface area contributed by atoms with Crippen LogP contribution in [0.3, 0.4) is 0 Å². The highest BCUT2D eigenvalue weighted by atomic mass is 79.9. The van der Waals surface area contributed by atoms with E-state index in [0.29, 0.717) is 0 Å². The van der Waals surface area contributed by atoms with E-state index in [1.54, 1.807) is 11.8 Å². The Balaban J connectivity index is 2.33. The smallest absolute Gasteiger partial charge is 0.103 e. The maximum atomic E-state index is 4.49. The molecular formula is C13H16BrN3S. The molecule has 1 heterocycles. The Labute approximate surface area is 120 Å². The van der Waals surface area contributed by atoms with Crippen LogP contribution in [0.2, 0.25) is 0 Å². The molecule has 0 radical (unpaired) electrons. The fourth-order valence-electron chi connectivity index (χ4n) is 1.83. The van der Waals surface area contributed by atoms with Crippen molar-refractivity contribution >= 4 is 27.7 Å². The molecular weight excluding hydrogens is 310 g/mol. The van der Waals surface area contributed by atoms with E-state index in [0.717, 1.165) is 16.7 Å². The van der Waals surface area contributed by atoms with Gasteiger partial charge in [-0.05, 0) is 32.2 Å². The van der Waals surface area contributed by atoms with Gasteiger partial charge in [0.05, 0.1) is 5.69 Å². The van der Waals surface area contributed by atoms with Crippen molar-refractivity contribution in [2.45, 2.75) is 23.4 Å². The van der Waals surface area contributed by atoms with Crippen LogP contribution in [-0.2, 0) is 13.6 Å². The number of hydrogen-bond donors (Lipinski definition) is 1. The van der Waals surface area contributed by atoms with E-state index in [9.17, 15) is 0 Å². The van der Waals surface area contributed by atoms with Crippen LogP contribution >= 0.6 is 27.7 Å². The Hall–Kier alpha value is -0.780. The second-order valence-electron chi connectivity index (χ2n) is 4.08. The summed E-state index contributed by atoms with van der Waals surface area (Å²) in [4.78, 5) is 1.21. The van der Waals surface area contributed by atoms with Crippen LogP contribution in [-0.4, -0.2) is 16.8 Å². The van der Waals surface area contributed by atoms with Crippen molar-refractivity contribution in [1.82, 2.24) is 15.1 Å². The first-order valence-corrected chi connectivity index (χ1v) is 7.33. The molecule has 0 spiro atoms. The van der Waals surface area contributed by atoms with Gasteiger partial charge in [-0.2, -0.15) is 5.10 Å². The molecule has 18 heavy (non-hydrogen) atoms. The maximum absolute atomic E-state index is 4.49. The van der Waals surface area contributed by atoms with E-state index in [1.165, 1.54) is 15.5 Å². The highest BCUT2D eigenvalue weighted by molar-refractivity contribution is 9.10. The molecule has 2 aromatic rings. The molecule has 0 aliphatic heterocycles. The molecule has 1 N–H and O–H groups in total. The predicted molar refractivity (Wildman–Crippen MR) is 79.0 cm³/mol. The molecule has 0 bridgehead atoms. The molecule has 1 aromatic carbocycles. The Morgan fingerprint density at radius 2 is 2.22 bits per heavy atom. The maximum Gasteiger partial charge on any atom is 0.103 e. The number of benzene rings is 1. The quantitative estimate of drug-likeness (QED) is 0.934. The minimum Gasteiger partial charge on any atom is -0.316 e. The molecule has 2 rings (SSSR count). The van der Waals surface area contributed by atoms with E-state index in [-0.39, 0.29) is 0 Å². The minimum absolute atomic E-state index is 0.843. The first-order valence-electron chi connectivity index (χ1n) is 5.72. The van der Waals surface area contributed by atoms with Crippen LogP contribution in [0.25, 0.3) is 0 Å². The lowest BCUT2D eigenvalue weighted by molar-refractivity contribution is 0.684. The summed E-state index contributed by atoms with van der Waals surface area (Å²) < 4.78 is 3.05. The molecule has 0 aliphatic carbocycles. The van der Waals surface area contributed by atoms with Gasteiger partial charge in [-0.25, -0.2) is 0 Å².